The number of rotatable bonds is 1. The van der Waals surface area contributed by atoms with Crippen LogP contribution in [0.4, 0.5) is 0 Å². The molecule has 2 rings (SSSR count). The Morgan fingerprint density at radius 2 is 1.89 bits per heavy atom. The van der Waals surface area contributed by atoms with Crippen molar-refractivity contribution in [1.29, 1.82) is 0 Å². The van der Waals surface area contributed by atoms with Crippen molar-refractivity contribution >= 4 is 34.9 Å². The van der Waals surface area contributed by atoms with Crippen molar-refractivity contribution in [2.24, 2.45) is 5.16 Å². The van der Waals surface area contributed by atoms with Crippen LogP contribution in [0, 0.1) is 0 Å². The van der Waals surface area contributed by atoms with E-state index in [0.29, 0.717) is 5.02 Å². The Kier molecular flexibility index (Phi) is 6.67. The van der Waals surface area contributed by atoms with Gasteiger partial charge in [-0.1, -0.05) is 23.2 Å². The van der Waals surface area contributed by atoms with Gasteiger partial charge in [-0.2, -0.15) is 0 Å². The van der Waals surface area contributed by atoms with E-state index in [9.17, 15) is 4.79 Å². The van der Waals surface area contributed by atoms with Crippen LogP contribution in [0.1, 0.15) is 36.0 Å². The molecule has 0 aromatic heterocycles. The second-order valence-corrected chi connectivity index (χ2v) is 5.08. The standard InChI is InChI=1S/C7H5ClO2.C6H10ClNO/c8-6-3-1-5(2-4-6)7(9)10;7-5-3-1-2-4-6(5)8-9/h1-4H,(H,9,10);5,9H,1-4H2/b;8-6-. The molecule has 0 radical (unpaired) electrons. The number of halogens is 2. The van der Waals surface area contributed by atoms with E-state index in [1.165, 1.54) is 12.1 Å². The highest BCUT2D eigenvalue weighted by molar-refractivity contribution is 6.32. The maximum Gasteiger partial charge on any atom is 0.335 e. The van der Waals surface area contributed by atoms with E-state index in [4.69, 9.17) is 33.5 Å². The van der Waals surface area contributed by atoms with Gasteiger partial charge in [0.1, 0.15) is 0 Å². The van der Waals surface area contributed by atoms with Gasteiger partial charge in [-0.3, -0.25) is 0 Å². The highest BCUT2D eigenvalue weighted by Crippen LogP contribution is 2.19. The van der Waals surface area contributed by atoms with Crippen molar-refractivity contribution in [2.45, 2.75) is 31.1 Å². The van der Waals surface area contributed by atoms with Gasteiger partial charge in [-0.25, -0.2) is 4.79 Å². The van der Waals surface area contributed by atoms with Crippen LogP contribution in [-0.2, 0) is 0 Å². The maximum atomic E-state index is 10.3. The monoisotopic (exact) mass is 303 g/mol. The number of carboxylic acid groups (broad SMARTS) is 1. The zero-order chi connectivity index (χ0) is 14.3. The van der Waals surface area contributed by atoms with Crippen LogP contribution in [0.25, 0.3) is 0 Å². The van der Waals surface area contributed by atoms with Crippen LogP contribution in [0.2, 0.25) is 5.02 Å². The molecule has 1 aromatic carbocycles. The first-order chi connectivity index (χ1) is 9.04. The van der Waals surface area contributed by atoms with Crippen molar-refractivity contribution in [3.8, 4) is 0 Å². The molecule has 1 atom stereocenters. The second-order valence-electron chi connectivity index (χ2n) is 4.12. The zero-order valence-electron chi connectivity index (χ0n) is 10.2. The average molecular weight is 304 g/mol. The lowest BCUT2D eigenvalue weighted by atomic mass is 9.98. The predicted molar refractivity (Wildman–Crippen MR) is 75.7 cm³/mol. The van der Waals surface area contributed by atoms with Gasteiger partial charge >= 0.3 is 5.97 Å². The number of hydrogen-bond acceptors (Lipinski definition) is 3. The average Bonchev–Trinajstić information content (AvgIpc) is 2.40. The summed E-state index contributed by atoms with van der Waals surface area (Å²) in [6.45, 7) is 0. The molecular weight excluding hydrogens is 289 g/mol. The lowest BCUT2D eigenvalue weighted by Crippen LogP contribution is -2.18. The van der Waals surface area contributed by atoms with Gasteiger partial charge in [0.2, 0.25) is 0 Å². The summed E-state index contributed by atoms with van der Waals surface area (Å²) in [4.78, 5) is 10.3. The zero-order valence-corrected chi connectivity index (χ0v) is 11.7. The molecule has 1 unspecified atom stereocenters. The Morgan fingerprint density at radius 3 is 2.32 bits per heavy atom. The molecule has 104 valence electrons. The van der Waals surface area contributed by atoms with Crippen molar-refractivity contribution in [1.82, 2.24) is 0 Å². The molecule has 0 aliphatic heterocycles. The second kappa shape index (κ2) is 8.02. The largest absolute Gasteiger partial charge is 0.478 e. The Bertz CT molecular complexity index is 446. The molecule has 1 aliphatic rings. The molecule has 2 N–H and O–H groups in total. The number of oxime groups is 1. The molecule has 0 amide bonds. The molecule has 0 bridgehead atoms. The number of benzene rings is 1. The normalized spacial score (nSPS) is 20.5. The fourth-order valence-electron chi connectivity index (χ4n) is 1.66. The molecule has 19 heavy (non-hydrogen) atoms. The first-order valence-corrected chi connectivity index (χ1v) is 6.69. The lowest BCUT2D eigenvalue weighted by Gasteiger charge is -2.15. The number of alkyl halides is 1. The van der Waals surface area contributed by atoms with Crippen molar-refractivity contribution in [2.75, 3.05) is 0 Å². The van der Waals surface area contributed by atoms with Gasteiger partial charge in [-0.05, 0) is 43.5 Å². The fourth-order valence-corrected chi connectivity index (χ4v) is 2.09. The molecule has 1 fully saturated rings. The summed E-state index contributed by atoms with van der Waals surface area (Å²) in [7, 11) is 0. The van der Waals surface area contributed by atoms with E-state index in [-0.39, 0.29) is 10.9 Å². The Labute approximate surface area is 121 Å². The van der Waals surface area contributed by atoms with Crippen LogP contribution in [-0.4, -0.2) is 27.4 Å². The summed E-state index contributed by atoms with van der Waals surface area (Å²) in [6.07, 6.45) is 4.10. The van der Waals surface area contributed by atoms with Crippen molar-refractivity contribution in [3.63, 3.8) is 0 Å². The first kappa shape index (κ1) is 15.8. The summed E-state index contributed by atoms with van der Waals surface area (Å²) >= 11 is 11.3. The summed E-state index contributed by atoms with van der Waals surface area (Å²) < 4.78 is 0. The Morgan fingerprint density at radius 1 is 1.26 bits per heavy atom. The highest BCUT2D eigenvalue weighted by Gasteiger charge is 2.17. The SMILES string of the molecule is O/N=C1/CCCCC1Cl.O=C(O)c1ccc(Cl)cc1. The third-order valence-electron chi connectivity index (χ3n) is 2.72. The van der Waals surface area contributed by atoms with Crippen LogP contribution < -0.4 is 0 Å². The molecule has 1 aliphatic carbocycles. The highest BCUT2D eigenvalue weighted by atomic mass is 35.5. The molecule has 1 aromatic rings. The van der Waals surface area contributed by atoms with Gasteiger partial charge in [0, 0.05) is 5.02 Å². The van der Waals surface area contributed by atoms with Crippen LogP contribution in [0.15, 0.2) is 29.4 Å². The molecular formula is C13H15Cl2NO3. The van der Waals surface area contributed by atoms with Crippen molar-refractivity contribution < 1.29 is 15.1 Å². The predicted octanol–water partition coefficient (Wildman–Crippen LogP) is 4.04. The van der Waals surface area contributed by atoms with Gasteiger partial charge in [0.15, 0.2) is 0 Å². The summed E-state index contributed by atoms with van der Waals surface area (Å²) in [5.74, 6) is -0.934. The molecule has 6 heteroatoms. The minimum Gasteiger partial charge on any atom is -0.478 e. The third kappa shape index (κ3) is 5.49. The van der Waals surface area contributed by atoms with Crippen LogP contribution in [0.3, 0.4) is 0 Å². The molecule has 1 saturated carbocycles. The number of hydrogen-bond donors (Lipinski definition) is 2. The number of aromatic carboxylic acids is 1. The number of nitrogens with zero attached hydrogens (tertiary/aromatic N) is 1. The topological polar surface area (TPSA) is 69.9 Å². The minimum absolute atomic E-state index is 0.0104. The van der Waals surface area contributed by atoms with E-state index in [0.717, 1.165) is 31.4 Å². The summed E-state index contributed by atoms with van der Waals surface area (Å²) in [5, 5.41) is 20.4. The minimum atomic E-state index is -0.934. The molecule has 0 saturated heterocycles. The first-order valence-electron chi connectivity index (χ1n) is 5.88. The smallest absolute Gasteiger partial charge is 0.335 e. The quantitative estimate of drug-likeness (QED) is 0.467. The van der Waals surface area contributed by atoms with Crippen LogP contribution >= 0.6 is 23.2 Å². The fraction of sp³-hybridized carbons (Fsp3) is 0.385. The van der Waals surface area contributed by atoms with Gasteiger partial charge in [0.25, 0.3) is 0 Å². The molecule has 0 spiro atoms. The Hall–Kier alpha value is -1.26. The molecule has 4 nitrogen and oxygen atoms in total. The Balaban J connectivity index is 0.000000191. The van der Waals surface area contributed by atoms with Gasteiger partial charge in [-0.15, -0.1) is 11.6 Å². The third-order valence-corrected chi connectivity index (χ3v) is 3.44. The van der Waals surface area contributed by atoms with Gasteiger partial charge < -0.3 is 10.3 Å². The van der Waals surface area contributed by atoms with Gasteiger partial charge in [0.05, 0.1) is 16.7 Å². The van der Waals surface area contributed by atoms with E-state index in [1.54, 1.807) is 12.1 Å². The van der Waals surface area contributed by atoms with E-state index >= 15 is 0 Å². The summed E-state index contributed by atoms with van der Waals surface area (Å²) in [6, 6.07) is 6.02. The van der Waals surface area contributed by atoms with E-state index < -0.39 is 5.97 Å². The van der Waals surface area contributed by atoms with E-state index in [1.807, 2.05) is 0 Å². The number of carbonyl (C=O) groups is 1. The maximum absolute atomic E-state index is 10.3. The molecule has 0 heterocycles. The summed E-state index contributed by atoms with van der Waals surface area (Å²) in [5.41, 5.74) is 1.01. The van der Waals surface area contributed by atoms with E-state index in [2.05, 4.69) is 5.16 Å². The lowest BCUT2D eigenvalue weighted by molar-refractivity contribution is 0.0697. The van der Waals surface area contributed by atoms with Crippen molar-refractivity contribution in [3.05, 3.63) is 34.9 Å². The van der Waals surface area contributed by atoms with Crippen LogP contribution in [0.5, 0.6) is 0 Å². The number of carboxylic acids is 1.